The number of hydrogen-bond acceptors (Lipinski definition) is 2. The number of aliphatic hydroxyl groups is 1. The molecule has 0 heterocycles. The number of nitrogens with one attached hydrogen (secondary N) is 1. The summed E-state index contributed by atoms with van der Waals surface area (Å²) in [4.78, 5) is 0. The molecule has 2 N–H and O–H groups in total. The molecule has 0 fully saturated rings. The second-order valence-electron chi connectivity index (χ2n) is 4.66. The van der Waals surface area contributed by atoms with E-state index in [9.17, 15) is 5.11 Å². The van der Waals surface area contributed by atoms with Gasteiger partial charge in [-0.2, -0.15) is 0 Å². The summed E-state index contributed by atoms with van der Waals surface area (Å²) in [5.41, 5.74) is 0. The van der Waals surface area contributed by atoms with Gasteiger partial charge in [0.2, 0.25) is 0 Å². The fourth-order valence-corrected chi connectivity index (χ4v) is 3.86. The van der Waals surface area contributed by atoms with Crippen molar-refractivity contribution in [1.29, 1.82) is 0 Å². The van der Waals surface area contributed by atoms with Crippen LogP contribution in [0.4, 0.5) is 0 Å². The van der Waals surface area contributed by atoms with Crippen LogP contribution in [0.15, 0.2) is 43.0 Å². The molecule has 0 radical (unpaired) electrons. The van der Waals surface area contributed by atoms with E-state index in [-0.39, 0.29) is 18.1 Å². The van der Waals surface area contributed by atoms with E-state index < -0.39 is 0 Å². The third-order valence-electron chi connectivity index (χ3n) is 2.79. The van der Waals surface area contributed by atoms with Crippen molar-refractivity contribution in [2.24, 2.45) is 5.92 Å². The van der Waals surface area contributed by atoms with Gasteiger partial charge in [0.1, 0.15) is 0 Å². The van der Waals surface area contributed by atoms with Crippen molar-refractivity contribution in [3.8, 4) is 0 Å². The molecule has 1 aromatic rings. The third-order valence-corrected chi connectivity index (χ3v) is 5.17. The van der Waals surface area contributed by atoms with Crippen molar-refractivity contribution in [2.75, 3.05) is 6.54 Å². The van der Waals surface area contributed by atoms with E-state index in [4.69, 9.17) is 0 Å². The predicted octanol–water partition coefficient (Wildman–Crippen LogP) is 1.60. The van der Waals surface area contributed by atoms with Crippen molar-refractivity contribution in [1.82, 2.24) is 5.32 Å². The van der Waals surface area contributed by atoms with Gasteiger partial charge in [0.05, 0.1) is 0 Å². The van der Waals surface area contributed by atoms with Gasteiger partial charge in [-0.3, -0.25) is 0 Å². The molecule has 0 spiro atoms. The molecule has 1 aromatic carbocycles. The van der Waals surface area contributed by atoms with Gasteiger partial charge in [0.15, 0.2) is 0 Å². The van der Waals surface area contributed by atoms with Gasteiger partial charge in [-0.15, -0.1) is 0 Å². The number of aliphatic hydroxyl groups excluding tert-OH is 1. The molecule has 0 bridgehead atoms. The summed E-state index contributed by atoms with van der Waals surface area (Å²) in [6, 6.07) is 10.7. The topological polar surface area (TPSA) is 32.3 Å². The Morgan fingerprint density at radius 2 is 2.00 bits per heavy atom. The second-order valence-corrected chi connectivity index (χ2v) is 6.96. The van der Waals surface area contributed by atoms with Crippen LogP contribution in [0.5, 0.6) is 0 Å². The van der Waals surface area contributed by atoms with Crippen LogP contribution in [0.25, 0.3) is 0 Å². The Morgan fingerprint density at radius 1 is 1.33 bits per heavy atom. The normalized spacial score (nSPS) is 14.4. The van der Waals surface area contributed by atoms with Crippen LogP contribution in [0.2, 0.25) is 5.32 Å². The SMILES string of the molecule is C=CCNC(C[Se]c1ccccc1)C(O)C(C)C. The van der Waals surface area contributed by atoms with Gasteiger partial charge in [0.25, 0.3) is 0 Å². The summed E-state index contributed by atoms with van der Waals surface area (Å²) in [6.45, 7) is 8.58. The van der Waals surface area contributed by atoms with E-state index >= 15 is 0 Å². The van der Waals surface area contributed by atoms with E-state index in [0.717, 1.165) is 11.9 Å². The number of rotatable bonds is 8. The summed E-state index contributed by atoms with van der Waals surface area (Å²) in [5.74, 6) is 0.277. The van der Waals surface area contributed by atoms with Gasteiger partial charge >= 0.3 is 117 Å². The van der Waals surface area contributed by atoms with Crippen LogP contribution in [0.3, 0.4) is 0 Å². The Morgan fingerprint density at radius 3 is 2.56 bits per heavy atom. The number of hydrogen-bond donors (Lipinski definition) is 2. The van der Waals surface area contributed by atoms with E-state index in [1.165, 1.54) is 4.46 Å². The van der Waals surface area contributed by atoms with E-state index in [0.29, 0.717) is 15.0 Å². The zero-order valence-corrected chi connectivity index (χ0v) is 12.9. The fourth-order valence-electron chi connectivity index (χ4n) is 1.68. The van der Waals surface area contributed by atoms with E-state index in [1.54, 1.807) is 0 Å². The molecule has 3 heteroatoms. The van der Waals surface area contributed by atoms with Crippen LogP contribution >= 0.6 is 0 Å². The number of benzene rings is 1. The molecule has 18 heavy (non-hydrogen) atoms. The molecule has 0 saturated carbocycles. The van der Waals surface area contributed by atoms with E-state index in [1.807, 2.05) is 12.1 Å². The molecular weight excluding hydrogens is 289 g/mol. The summed E-state index contributed by atoms with van der Waals surface area (Å²) < 4.78 is 1.38. The van der Waals surface area contributed by atoms with Crippen molar-refractivity contribution in [3.05, 3.63) is 43.0 Å². The molecule has 0 aliphatic carbocycles. The van der Waals surface area contributed by atoms with Crippen molar-refractivity contribution in [3.63, 3.8) is 0 Å². The van der Waals surface area contributed by atoms with Gasteiger partial charge in [-0.1, -0.05) is 0 Å². The molecule has 0 aliphatic heterocycles. The molecule has 0 amide bonds. The first-order valence-electron chi connectivity index (χ1n) is 6.35. The van der Waals surface area contributed by atoms with E-state index in [2.05, 4.69) is 50.0 Å². The summed E-state index contributed by atoms with van der Waals surface area (Å²) in [6.07, 6.45) is 1.55. The second kappa shape index (κ2) is 8.49. The molecule has 0 aliphatic rings. The maximum absolute atomic E-state index is 10.2. The van der Waals surface area contributed by atoms with Crippen LogP contribution < -0.4 is 9.78 Å². The average molecular weight is 312 g/mol. The Balaban J connectivity index is 2.52. The zero-order chi connectivity index (χ0) is 13.4. The minimum atomic E-state index is -0.296. The zero-order valence-electron chi connectivity index (χ0n) is 11.2. The Labute approximate surface area is 117 Å². The van der Waals surface area contributed by atoms with Gasteiger partial charge < -0.3 is 0 Å². The Kier molecular flexibility index (Phi) is 7.29. The van der Waals surface area contributed by atoms with Gasteiger partial charge in [0, 0.05) is 0 Å². The van der Waals surface area contributed by atoms with Crippen LogP contribution in [-0.2, 0) is 0 Å². The molecule has 0 aromatic heterocycles. The molecule has 2 atom stereocenters. The molecular formula is C15H23NOSe. The standard InChI is InChI=1S/C15H23NOSe/c1-4-10-16-14(15(17)12(2)3)11-18-13-8-6-5-7-9-13/h4-9,12,14-17H,1,10-11H2,2-3H3. The van der Waals surface area contributed by atoms with Gasteiger partial charge in [-0.05, 0) is 0 Å². The summed E-state index contributed by atoms with van der Waals surface area (Å²) in [5, 5.41) is 14.6. The first kappa shape index (κ1) is 15.5. The molecule has 2 nitrogen and oxygen atoms in total. The van der Waals surface area contributed by atoms with Crippen molar-refractivity contribution in [2.45, 2.75) is 31.3 Å². The fraction of sp³-hybridized carbons (Fsp3) is 0.467. The predicted molar refractivity (Wildman–Crippen MR) is 79.5 cm³/mol. The van der Waals surface area contributed by atoms with Crippen LogP contribution in [-0.4, -0.2) is 38.8 Å². The Bertz CT molecular complexity index is 340. The quantitative estimate of drug-likeness (QED) is 0.564. The first-order valence-corrected chi connectivity index (χ1v) is 8.42. The van der Waals surface area contributed by atoms with Crippen LogP contribution in [0.1, 0.15) is 13.8 Å². The molecule has 2 unspecified atom stereocenters. The molecule has 1 rings (SSSR count). The Hall–Kier alpha value is -0.601. The minimum absolute atomic E-state index is 0.156. The molecule has 100 valence electrons. The first-order chi connectivity index (χ1) is 8.65. The van der Waals surface area contributed by atoms with Gasteiger partial charge in [-0.25, -0.2) is 0 Å². The third kappa shape index (κ3) is 5.36. The van der Waals surface area contributed by atoms with Crippen LogP contribution in [0, 0.1) is 5.92 Å². The molecule has 0 saturated heterocycles. The van der Waals surface area contributed by atoms with Crippen molar-refractivity contribution >= 4 is 19.4 Å². The maximum atomic E-state index is 10.2. The monoisotopic (exact) mass is 313 g/mol. The summed E-state index contributed by atoms with van der Waals surface area (Å²) in [7, 11) is 0. The average Bonchev–Trinajstić information content (AvgIpc) is 2.39. The summed E-state index contributed by atoms with van der Waals surface area (Å²) >= 11 is 0.399. The van der Waals surface area contributed by atoms with Crippen molar-refractivity contribution < 1.29 is 5.11 Å².